The Morgan fingerprint density at radius 1 is 1.27 bits per heavy atom. The number of carbonyl (C=O) groups excluding carboxylic acids is 1. The van der Waals surface area contributed by atoms with Crippen molar-refractivity contribution >= 4 is 23.3 Å². The van der Waals surface area contributed by atoms with Gasteiger partial charge in [-0.3, -0.25) is 14.4 Å². The standard InChI is InChI=1S/C18H19ClN6O/c1-2-25(18(26)13-3-5-15(19)6-4-13)17-11-14(7-9-21-17)16-12-24(10-8-20)23-22-16/h3-7,9,11-12H,2,8,10,20H2,1H3. The number of rotatable bonds is 6. The van der Waals surface area contributed by atoms with Crippen LogP contribution in [-0.4, -0.2) is 39.0 Å². The molecule has 2 aromatic heterocycles. The molecule has 134 valence electrons. The number of nitrogens with two attached hydrogens (primary N) is 1. The third-order valence-electron chi connectivity index (χ3n) is 3.87. The summed E-state index contributed by atoms with van der Waals surface area (Å²) < 4.78 is 1.69. The summed E-state index contributed by atoms with van der Waals surface area (Å²) in [6, 6.07) is 10.5. The van der Waals surface area contributed by atoms with Gasteiger partial charge >= 0.3 is 0 Å². The van der Waals surface area contributed by atoms with E-state index >= 15 is 0 Å². The van der Waals surface area contributed by atoms with Gasteiger partial charge < -0.3 is 5.73 Å². The second-order valence-corrected chi connectivity index (χ2v) is 6.05. The van der Waals surface area contributed by atoms with Gasteiger partial charge in [0.1, 0.15) is 11.5 Å². The third kappa shape index (κ3) is 3.89. The molecule has 3 rings (SSSR count). The van der Waals surface area contributed by atoms with Crippen LogP contribution >= 0.6 is 11.6 Å². The van der Waals surface area contributed by atoms with Gasteiger partial charge in [0.05, 0.1) is 12.7 Å². The molecule has 0 aliphatic carbocycles. The van der Waals surface area contributed by atoms with Crippen molar-refractivity contribution in [2.75, 3.05) is 18.0 Å². The van der Waals surface area contributed by atoms with Crippen molar-refractivity contribution in [2.24, 2.45) is 5.73 Å². The number of hydrogen-bond donors (Lipinski definition) is 1. The summed E-state index contributed by atoms with van der Waals surface area (Å²) in [5.74, 6) is 0.416. The summed E-state index contributed by atoms with van der Waals surface area (Å²) in [6.07, 6.45) is 3.48. The van der Waals surface area contributed by atoms with Crippen molar-refractivity contribution in [3.8, 4) is 11.3 Å². The summed E-state index contributed by atoms with van der Waals surface area (Å²) in [4.78, 5) is 18.8. The van der Waals surface area contributed by atoms with E-state index in [0.717, 1.165) is 5.56 Å². The van der Waals surface area contributed by atoms with E-state index in [1.807, 2.05) is 25.3 Å². The zero-order chi connectivity index (χ0) is 18.5. The molecular formula is C18H19ClN6O. The van der Waals surface area contributed by atoms with Gasteiger partial charge in [0.15, 0.2) is 0 Å². The molecule has 2 heterocycles. The van der Waals surface area contributed by atoms with E-state index in [-0.39, 0.29) is 5.91 Å². The summed E-state index contributed by atoms with van der Waals surface area (Å²) in [5.41, 5.74) is 7.63. The van der Waals surface area contributed by atoms with Gasteiger partial charge in [-0.25, -0.2) is 4.98 Å². The second kappa shape index (κ2) is 8.07. The Labute approximate surface area is 156 Å². The highest BCUT2D eigenvalue weighted by Gasteiger charge is 2.18. The van der Waals surface area contributed by atoms with Gasteiger partial charge in [0.2, 0.25) is 0 Å². The van der Waals surface area contributed by atoms with Crippen molar-refractivity contribution in [2.45, 2.75) is 13.5 Å². The van der Waals surface area contributed by atoms with E-state index in [9.17, 15) is 4.79 Å². The van der Waals surface area contributed by atoms with Crippen molar-refractivity contribution in [1.29, 1.82) is 0 Å². The minimum atomic E-state index is -0.138. The predicted molar refractivity (Wildman–Crippen MR) is 101 cm³/mol. The Morgan fingerprint density at radius 2 is 2.04 bits per heavy atom. The van der Waals surface area contributed by atoms with Gasteiger partial charge in [-0.15, -0.1) is 5.10 Å². The number of nitrogens with zero attached hydrogens (tertiary/aromatic N) is 5. The first-order valence-electron chi connectivity index (χ1n) is 8.26. The highest BCUT2D eigenvalue weighted by atomic mass is 35.5. The Morgan fingerprint density at radius 3 is 2.73 bits per heavy atom. The first-order chi connectivity index (χ1) is 12.6. The van der Waals surface area contributed by atoms with E-state index in [1.54, 1.807) is 40.0 Å². The molecule has 26 heavy (non-hydrogen) atoms. The molecule has 0 saturated heterocycles. The zero-order valence-corrected chi connectivity index (χ0v) is 15.1. The molecule has 0 radical (unpaired) electrons. The molecule has 1 aromatic carbocycles. The first kappa shape index (κ1) is 18.0. The van der Waals surface area contributed by atoms with Gasteiger partial charge in [0, 0.05) is 35.4 Å². The number of hydrogen-bond acceptors (Lipinski definition) is 5. The summed E-state index contributed by atoms with van der Waals surface area (Å²) in [5, 5.41) is 8.78. The number of pyridine rings is 1. The Hall–Kier alpha value is -2.77. The van der Waals surface area contributed by atoms with Crippen LogP contribution < -0.4 is 10.6 Å². The molecule has 2 N–H and O–H groups in total. The minimum absolute atomic E-state index is 0.138. The van der Waals surface area contributed by atoms with Crippen LogP contribution in [0.2, 0.25) is 5.02 Å². The Balaban J connectivity index is 1.89. The van der Waals surface area contributed by atoms with Gasteiger partial charge in [0.25, 0.3) is 5.91 Å². The molecule has 8 heteroatoms. The molecular weight excluding hydrogens is 352 g/mol. The zero-order valence-electron chi connectivity index (χ0n) is 14.3. The van der Waals surface area contributed by atoms with Crippen molar-refractivity contribution in [1.82, 2.24) is 20.0 Å². The largest absolute Gasteiger partial charge is 0.329 e. The summed E-state index contributed by atoms with van der Waals surface area (Å²) in [7, 11) is 0. The van der Waals surface area contributed by atoms with E-state index < -0.39 is 0 Å². The SMILES string of the molecule is CCN(C(=O)c1ccc(Cl)cc1)c1cc(-c2cn(CCN)nn2)ccn1. The average Bonchev–Trinajstić information content (AvgIpc) is 3.12. The Bertz CT molecular complexity index is 893. The molecule has 0 bridgehead atoms. The van der Waals surface area contributed by atoms with Crippen LogP contribution in [0.25, 0.3) is 11.3 Å². The Kier molecular flexibility index (Phi) is 5.60. The van der Waals surface area contributed by atoms with Gasteiger partial charge in [-0.2, -0.15) is 0 Å². The maximum atomic E-state index is 12.8. The fraction of sp³-hybridized carbons (Fsp3) is 0.222. The minimum Gasteiger partial charge on any atom is -0.329 e. The van der Waals surface area contributed by atoms with E-state index in [2.05, 4.69) is 15.3 Å². The molecule has 0 aliphatic rings. The maximum Gasteiger partial charge on any atom is 0.259 e. The maximum absolute atomic E-state index is 12.8. The number of halogens is 1. The molecule has 0 fully saturated rings. The van der Waals surface area contributed by atoms with Crippen molar-refractivity contribution < 1.29 is 4.79 Å². The second-order valence-electron chi connectivity index (χ2n) is 5.61. The normalized spacial score (nSPS) is 10.7. The lowest BCUT2D eigenvalue weighted by Gasteiger charge is -2.20. The predicted octanol–water partition coefficient (Wildman–Crippen LogP) is 2.62. The molecule has 0 atom stereocenters. The van der Waals surface area contributed by atoms with Gasteiger partial charge in [-0.05, 0) is 43.3 Å². The summed E-state index contributed by atoms with van der Waals surface area (Å²) >= 11 is 5.90. The lowest BCUT2D eigenvalue weighted by Crippen LogP contribution is -2.31. The monoisotopic (exact) mass is 370 g/mol. The van der Waals surface area contributed by atoms with Crippen LogP contribution in [0.5, 0.6) is 0 Å². The quantitative estimate of drug-likeness (QED) is 0.720. The van der Waals surface area contributed by atoms with Crippen LogP contribution in [0, 0.1) is 0 Å². The molecule has 1 amide bonds. The third-order valence-corrected chi connectivity index (χ3v) is 4.12. The number of amides is 1. The molecule has 0 aliphatic heterocycles. The number of anilines is 1. The average molecular weight is 371 g/mol. The smallest absolute Gasteiger partial charge is 0.259 e. The first-order valence-corrected chi connectivity index (χ1v) is 8.64. The lowest BCUT2D eigenvalue weighted by atomic mass is 10.1. The summed E-state index contributed by atoms with van der Waals surface area (Å²) in [6.45, 7) is 3.47. The van der Waals surface area contributed by atoms with Crippen LogP contribution in [0.4, 0.5) is 5.82 Å². The van der Waals surface area contributed by atoms with Crippen LogP contribution in [0.3, 0.4) is 0 Å². The van der Waals surface area contributed by atoms with Crippen molar-refractivity contribution in [3.05, 3.63) is 59.4 Å². The topological polar surface area (TPSA) is 89.9 Å². The van der Waals surface area contributed by atoms with Crippen LogP contribution in [0.15, 0.2) is 48.8 Å². The highest BCUT2D eigenvalue weighted by Crippen LogP contribution is 2.22. The van der Waals surface area contributed by atoms with E-state index in [4.69, 9.17) is 17.3 Å². The van der Waals surface area contributed by atoms with Crippen LogP contribution in [0.1, 0.15) is 17.3 Å². The molecule has 0 spiro atoms. The highest BCUT2D eigenvalue weighted by molar-refractivity contribution is 6.30. The molecule has 3 aromatic rings. The lowest BCUT2D eigenvalue weighted by molar-refractivity contribution is 0.0987. The molecule has 0 unspecified atom stereocenters. The van der Waals surface area contributed by atoms with E-state index in [1.165, 1.54) is 0 Å². The fourth-order valence-corrected chi connectivity index (χ4v) is 2.68. The van der Waals surface area contributed by atoms with Crippen molar-refractivity contribution in [3.63, 3.8) is 0 Å². The molecule has 7 nitrogen and oxygen atoms in total. The number of aromatic nitrogens is 4. The molecule has 0 saturated carbocycles. The number of benzene rings is 1. The fourth-order valence-electron chi connectivity index (χ4n) is 2.56. The number of carbonyl (C=O) groups is 1. The van der Waals surface area contributed by atoms with Crippen LogP contribution in [-0.2, 0) is 6.54 Å². The van der Waals surface area contributed by atoms with Gasteiger partial charge in [-0.1, -0.05) is 16.8 Å². The van der Waals surface area contributed by atoms with E-state index in [0.29, 0.717) is 41.7 Å².